The van der Waals surface area contributed by atoms with E-state index in [9.17, 15) is 9.59 Å². The molecule has 1 aromatic carbocycles. The molecule has 3 rings (SSSR count). The molecule has 1 amide bonds. The number of nitrogens with one attached hydrogen (secondary N) is 1. The number of fused-ring (bicyclic) bond motifs is 1. The molecule has 8 heteroatoms. The average molecular weight is 350 g/mol. The van der Waals surface area contributed by atoms with Gasteiger partial charge in [0.15, 0.2) is 11.2 Å². The molecule has 118 valence electrons. The molecule has 0 unspecified atom stereocenters. The number of aryl methyl sites for hydroxylation is 1. The molecule has 0 fully saturated rings. The van der Waals surface area contributed by atoms with E-state index in [1.165, 1.54) is 17.4 Å². The Labute approximate surface area is 140 Å². The highest BCUT2D eigenvalue weighted by atomic mass is 35.5. The molecule has 2 heterocycles. The third-order valence-corrected chi connectivity index (χ3v) is 4.20. The Morgan fingerprint density at radius 3 is 2.96 bits per heavy atom. The Morgan fingerprint density at radius 1 is 1.35 bits per heavy atom. The monoisotopic (exact) mass is 349 g/mol. The summed E-state index contributed by atoms with van der Waals surface area (Å²) in [5.74, 6) is -0.629. The van der Waals surface area contributed by atoms with Gasteiger partial charge in [0.2, 0.25) is 5.13 Å². The Bertz CT molecular complexity index is 935. The van der Waals surface area contributed by atoms with Crippen LogP contribution in [0.25, 0.3) is 11.0 Å². The molecule has 0 spiro atoms. The maximum absolute atomic E-state index is 12.2. The van der Waals surface area contributed by atoms with Gasteiger partial charge in [0.25, 0.3) is 5.91 Å². The number of hydrogen-bond acceptors (Lipinski definition) is 6. The van der Waals surface area contributed by atoms with E-state index in [0.717, 1.165) is 23.9 Å². The number of hydrogen-bond donors (Lipinski definition) is 1. The molecular weight excluding hydrogens is 338 g/mol. The van der Waals surface area contributed by atoms with Crippen LogP contribution in [0.5, 0.6) is 0 Å². The van der Waals surface area contributed by atoms with E-state index in [2.05, 4.69) is 15.5 Å². The van der Waals surface area contributed by atoms with Crippen molar-refractivity contribution in [2.45, 2.75) is 19.8 Å². The molecule has 2 aromatic heterocycles. The van der Waals surface area contributed by atoms with Gasteiger partial charge >= 0.3 is 0 Å². The second-order valence-corrected chi connectivity index (χ2v) is 6.32. The van der Waals surface area contributed by atoms with Crippen LogP contribution in [0, 0.1) is 0 Å². The van der Waals surface area contributed by atoms with Crippen LogP contribution >= 0.6 is 22.9 Å². The Hall–Kier alpha value is -2.25. The first-order valence-electron chi connectivity index (χ1n) is 6.94. The Morgan fingerprint density at radius 2 is 2.17 bits per heavy atom. The normalized spacial score (nSPS) is 10.9. The molecule has 6 nitrogen and oxygen atoms in total. The summed E-state index contributed by atoms with van der Waals surface area (Å²) in [5.41, 5.74) is -0.0289. The van der Waals surface area contributed by atoms with Gasteiger partial charge in [-0.05, 0) is 24.6 Å². The summed E-state index contributed by atoms with van der Waals surface area (Å²) in [4.78, 5) is 24.3. The second kappa shape index (κ2) is 6.47. The third-order valence-electron chi connectivity index (χ3n) is 3.06. The van der Waals surface area contributed by atoms with Crippen molar-refractivity contribution >= 4 is 44.9 Å². The minimum atomic E-state index is -0.543. The van der Waals surface area contributed by atoms with Crippen LogP contribution in [0.1, 0.15) is 28.9 Å². The summed E-state index contributed by atoms with van der Waals surface area (Å²) < 4.78 is 5.47. The summed E-state index contributed by atoms with van der Waals surface area (Å²) >= 11 is 7.15. The van der Waals surface area contributed by atoms with E-state index < -0.39 is 5.91 Å². The fourth-order valence-corrected chi connectivity index (χ4v) is 3.03. The van der Waals surface area contributed by atoms with E-state index in [-0.39, 0.29) is 11.2 Å². The zero-order valence-electron chi connectivity index (χ0n) is 12.1. The smallest absolute Gasteiger partial charge is 0.293 e. The van der Waals surface area contributed by atoms with Crippen LogP contribution in [0.3, 0.4) is 0 Å². The van der Waals surface area contributed by atoms with Crippen molar-refractivity contribution in [1.82, 2.24) is 10.2 Å². The number of aromatic nitrogens is 2. The lowest BCUT2D eigenvalue weighted by molar-refractivity contribution is 0.0997. The predicted molar refractivity (Wildman–Crippen MR) is 89.4 cm³/mol. The maximum atomic E-state index is 12.2. The summed E-state index contributed by atoms with van der Waals surface area (Å²) in [6.45, 7) is 2.04. The van der Waals surface area contributed by atoms with Gasteiger partial charge in [-0.1, -0.05) is 29.9 Å². The highest BCUT2D eigenvalue weighted by Crippen LogP contribution is 2.20. The molecule has 0 aliphatic heterocycles. The average Bonchev–Trinajstić information content (AvgIpc) is 2.95. The minimum absolute atomic E-state index is 0.0861. The Balaban J connectivity index is 1.88. The van der Waals surface area contributed by atoms with Crippen LogP contribution in [0.2, 0.25) is 5.02 Å². The van der Waals surface area contributed by atoms with Crippen LogP contribution in [-0.2, 0) is 6.42 Å². The zero-order valence-corrected chi connectivity index (χ0v) is 13.7. The van der Waals surface area contributed by atoms with Crippen molar-refractivity contribution in [2.24, 2.45) is 0 Å². The van der Waals surface area contributed by atoms with Gasteiger partial charge in [-0.15, -0.1) is 10.2 Å². The SMILES string of the molecule is CCCc1nnc(NC(=O)c2cc(=O)c3cc(Cl)ccc3o2)s1. The van der Waals surface area contributed by atoms with Gasteiger partial charge in [0.1, 0.15) is 10.6 Å². The lowest BCUT2D eigenvalue weighted by atomic mass is 10.2. The van der Waals surface area contributed by atoms with Gasteiger partial charge in [-0.25, -0.2) is 0 Å². The van der Waals surface area contributed by atoms with Crippen molar-refractivity contribution in [2.75, 3.05) is 5.32 Å². The lowest BCUT2D eigenvalue weighted by Gasteiger charge is -2.02. The van der Waals surface area contributed by atoms with Gasteiger partial charge in [0, 0.05) is 17.5 Å². The van der Waals surface area contributed by atoms with Crippen LogP contribution < -0.4 is 10.7 Å². The summed E-state index contributed by atoms with van der Waals surface area (Å²) in [5, 5.41) is 12.4. The molecule has 0 aliphatic carbocycles. The zero-order chi connectivity index (χ0) is 16.4. The number of rotatable bonds is 4. The number of benzene rings is 1. The third kappa shape index (κ3) is 3.40. The second-order valence-electron chi connectivity index (χ2n) is 4.82. The fraction of sp³-hybridized carbons (Fsp3) is 0.200. The van der Waals surface area contributed by atoms with Gasteiger partial charge in [-0.2, -0.15) is 0 Å². The van der Waals surface area contributed by atoms with Gasteiger partial charge < -0.3 is 4.42 Å². The summed E-state index contributed by atoms with van der Waals surface area (Å²) in [7, 11) is 0. The topological polar surface area (TPSA) is 85.1 Å². The largest absolute Gasteiger partial charge is 0.451 e. The van der Waals surface area contributed by atoms with E-state index in [0.29, 0.717) is 21.1 Å². The Kier molecular flexibility index (Phi) is 4.40. The van der Waals surface area contributed by atoms with Crippen molar-refractivity contribution in [3.63, 3.8) is 0 Å². The van der Waals surface area contributed by atoms with Crippen molar-refractivity contribution < 1.29 is 9.21 Å². The molecule has 1 N–H and O–H groups in total. The molecule has 0 atom stereocenters. The molecule has 0 aliphatic rings. The molecule has 0 saturated carbocycles. The van der Waals surface area contributed by atoms with Gasteiger partial charge in [-0.3, -0.25) is 14.9 Å². The quantitative estimate of drug-likeness (QED) is 0.779. The first-order valence-corrected chi connectivity index (χ1v) is 8.13. The number of carbonyl (C=O) groups is 1. The summed E-state index contributed by atoms with van der Waals surface area (Å²) in [6.07, 6.45) is 1.75. The first-order chi connectivity index (χ1) is 11.1. The van der Waals surface area contributed by atoms with Crippen molar-refractivity contribution in [3.8, 4) is 0 Å². The lowest BCUT2D eigenvalue weighted by Crippen LogP contribution is -2.14. The predicted octanol–water partition coefficient (Wildman–Crippen LogP) is 3.50. The first kappa shape index (κ1) is 15.6. The number of nitrogens with zero attached hydrogens (tertiary/aromatic N) is 2. The number of amides is 1. The maximum Gasteiger partial charge on any atom is 0.293 e. The standard InChI is InChI=1S/C15H12ClN3O3S/c1-2-3-13-18-19-15(23-13)17-14(21)12-7-10(20)9-6-8(16)4-5-11(9)22-12/h4-7H,2-3H2,1H3,(H,17,19,21). The molecule has 23 heavy (non-hydrogen) atoms. The van der Waals surface area contributed by atoms with E-state index in [1.54, 1.807) is 12.1 Å². The van der Waals surface area contributed by atoms with E-state index in [1.807, 2.05) is 6.92 Å². The van der Waals surface area contributed by atoms with E-state index in [4.69, 9.17) is 16.0 Å². The van der Waals surface area contributed by atoms with E-state index >= 15 is 0 Å². The highest BCUT2D eigenvalue weighted by Gasteiger charge is 2.15. The minimum Gasteiger partial charge on any atom is -0.451 e. The molecule has 0 saturated heterocycles. The molecule has 0 bridgehead atoms. The van der Waals surface area contributed by atoms with Crippen molar-refractivity contribution in [3.05, 3.63) is 50.3 Å². The van der Waals surface area contributed by atoms with Crippen LogP contribution in [-0.4, -0.2) is 16.1 Å². The summed E-state index contributed by atoms with van der Waals surface area (Å²) in [6, 6.07) is 5.80. The molecule has 0 radical (unpaired) electrons. The number of carbonyl (C=O) groups excluding carboxylic acids is 1. The van der Waals surface area contributed by atoms with Gasteiger partial charge in [0.05, 0.1) is 5.39 Å². The highest BCUT2D eigenvalue weighted by molar-refractivity contribution is 7.15. The van der Waals surface area contributed by atoms with Crippen LogP contribution in [0.15, 0.2) is 33.5 Å². The van der Waals surface area contributed by atoms with Crippen LogP contribution in [0.4, 0.5) is 5.13 Å². The number of anilines is 1. The fourth-order valence-electron chi connectivity index (χ4n) is 2.02. The molecular formula is C15H12ClN3O3S. The molecule has 3 aromatic rings. The van der Waals surface area contributed by atoms with Crippen molar-refractivity contribution in [1.29, 1.82) is 0 Å². The number of halogens is 1.